The zero-order valence-corrected chi connectivity index (χ0v) is 19.4. The minimum Gasteiger partial charge on any atom is -0.507 e. The number of ether oxygens (including phenoxy) is 3. The number of nitrogens with zero attached hydrogens (tertiary/aromatic N) is 2. The number of aromatic hydroxyl groups is 1. The van der Waals surface area contributed by atoms with Crippen molar-refractivity contribution >= 4 is 28.3 Å². The number of carbonyl (C=O) groups excluding carboxylic acids is 2. The molecule has 1 heterocycles. The Labute approximate surface area is 185 Å². The second-order valence-electron chi connectivity index (χ2n) is 7.28. The number of hydrogen-bond donors (Lipinski definition) is 2. The molecule has 0 bridgehead atoms. The average molecular weight is 452 g/mol. The molecule has 0 atom stereocenters. The highest BCUT2D eigenvalue weighted by Crippen LogP contribution is 2.34. The molecule has 31 heavy (non-hydrogen) atoms. The largest absolute Gasteiger partial charge is 0.507 e. The lowest BCUT2D eigenvalue weighted by Gasteiger charge is -2.30. The summed E-state index contributed by atoms with van der Waals surface area (Å²) in [4.78, 5) is 31.1. The number of anilines is 1. The standard InChI is InChI=1S/C21H29N3O6S/c1-12(2)24(13(3)4)7-8-30-20(27)15-11-31-21(22-15)23-19(26)14-9-17(28-5)18(29-6)10-16(14)25/h9-13,25H,7-8H2,1-6H3,(H,22,23,26). The van der Waals surface area contributed by atoms with Gasteiger partial charge in [0, 0.05) is 36.1 Å². The third-order valence-electron chi connectivity index (χ3n) is 4.59. The van der Waals surface area contributed by atoms with Gasteiger partial charge in [-0.15, -0.1) is 11.3 Å². The van der Waals surface area contributed by atoms with Gasteiger partial charge in [-0.25, -0.2) is 9.78 Å². The summed E-state index contributed by atoms with van der Waals surface area (Å²) in [6.07, 6.45) is 0. The molecule has 0 fully saturated rings. The van der Waals surface area contributed by atoms with E-state index in [2.05, 4.69) is 42.9 Å². The average Bonchev–Trinajstić information content (AvgIpc) is 3.18. The number of aromatic nitrogens is 1. The first-order chi connectivity index (χ1) is 14.7. The topological polar surface area (TPSA) is 110 Å². The number of methoxy groups -OCH3 is 2. The van der Waals surface area contributed by atoms with Crippen LogP contribution in [0.3, 0.4) is 0 Å². The molecular formula is C21H29N3O6S. The van der Waals surface area contributed by atoms with E-state index in [9.17, 15) is 14.7 Å². The van der Waals surface area contributed by atoms with Crippen molar-refractivity contribution in [3.63, 3.8) is 0 Å². The Morgan fingerprint density at radius 1 is 1.13 bits per heavy atom. The minimum absolute atomic E-state index is 0.0144. The van der Waals surface area contributed by atoms with Crippen molar-refractivity contribution < 1.29 is 28.9 Å². The van der Waals surface area contributed by atoms with Crippen molar-refractivity contribution in [2.45, 2.75) is 39.8 Å². The second-order valence-corrected chi connectivity index (χ2v) is 8.14. The number of phenolic OH excluding ortho intramolecular Hbond substituents is 1. The molecule has 0 saturated carbocycles. The number of phenols is 1. The Kier molecular flexibility index (Phi) is 8.64. The Hall–Kier alpha value is -2.85. The quantitative estimate of drug-likeness (QED) is 0.529. The summed E-state index contributed by atoms with van der Waals surface area (Å²) in [6.45, 7) is 9.23. The van der Waals surface area contributed by atoms with E-state index in [0.29, 0.717) is 30.1 Å². The van der Waals surface area contributed by atoms with Crippen molar-refractivity contribution in [1.82, 2.24) is 9.88 Å². The van der Waals surface area contributed by atoms with Crippen LogP contribution in [0.15, 0.2) is 17.5 Å². The number of rotatable bonds is 10. The molecule has 0 aliphatic rings. The van der Waals surface area contributed by atoms with Crippen LogP contribution < -0.4 is 14.8 Å². The third-order valence-corrected chi connectivity index (χ3v) is 5.35. The van der Waals surface area contributed by atoms with E-state index in [4.69, 9.17) is 14.2 Å². The first-order valence-electron chi connectivity index (χ1n) is 9.82. The summed E-state index contributed by atoms with van der Waals surface area (Å²) in [5.41, 5.74) is 0.0944. The van der Waals surface area contributed by atoms with Crippen molar-refractivity contribution in [1.29, 1.82) is 0 Å². The van der Waals surface area contributed by atoms with Crippen molar-refractivity contribution in [3.8, 4) is 17.2 Å². The van der Waals surface area contributed by atoms with Crippen LogP contribution in [0.25, 0.3) is 0 Å². The maximum absolute atomic E-state index is 12.5. The molecule has 2 aromatic rings. The number of thiazole rings is 1. The molecule has 1 aromatic heterocycles. The molecule has 9 nitrogen and oxygen atoms in total. The van der Waals surface area contributed by atoms with Gasteiger partial charge >= 0.3 is 5.97 Å². The first kappa shape index (κ1) is 24.4. The molecule has 1 aromatic carbocycles. The van der Waals surface area contributed by atoms with Gasteiger partial charge in [0.25, 0.3) is 5.91 Å². The molecule has 0 radical (unpaired) electrons. The van der Waals surface area contributed by atoms with Gasteiger partial charge in [0.2, 0.25) is 0 Å². The van der Waals surface area contributed by atoms with E-state index in [1.807, 2.05) is 0 Å². The van der Waals surface area contributed by atoms with Crippen LogP contribution in [0.1, 0.15) is 48.5 Å². The first-order valence-corrected chi connectivity index (χ1v) is 10.7. The van der Waals surface area contributed by atoms with E-state index >= 15 is 0 Å². The van der Waals surface area contributed by atoms with E-state index in [1.165, 1.54) is 31.7 Å². The lowest BCUT2D eigenvalue weighted by atomic mass is 10.1. The van der Waals surface area contributed by atoms with Gasteiger partial charge in [-0.2, -0.15) is 0 Å². The highest BCUT2D eigenvalue weighted by molar-refractivity contribution is 7.14. The van der Waals surface area contributed by atoms with Crippen molar-refractivity contribution in [2.24, 2.45) is 0 Å². The van der Waals surface area contributed by atoms with Crippen LogP contribution in [-0.4, -0.2) is 66.3 Å². The molecule has 0 aliphatic carbocycles. The van der Waals surface area contributed by atoms with Gasteiger partial charge in [-0.1, -0.05) is 0 Å². The third kappa shape index (κ3) is 6.31. The fourth-order valence-corrected chi connectivity index (χ4v) is 3.74. The van der Waals surface area contributed by atoms with Gasteiger partial charge in [0.15, 0.2) is 22.3 Å². The zero-order valence-electron chi connectivity index (χ0n) is 18.6. The maximum Gasteiger partial charge on any atom is 0.357 e. The van der Waals surface area contributed by atoms with Gasteiger partial charge in [0.05, 0.1) is 19.8 Å². The molecule has 2 rings (SSSR count). The number of amides is 1. The SMILES string of the molecule is COc1cc(O)c(C(=O)Nc2nc(C(=O)OCCN(C(C)C)C(C)C)cs2)cc1OC. The van der Waals surface area contributed by atoms with Gasteiger partial charge < -0.3 is 19.3 Å². The van der Waals surface area contributed by atoms with Crippen LogP contribution in [0.5, 0.6) is 17.2 Å². The van der Waals surface area contributed by atoms with Crippen LogP contribution in [0, 0.1) is 0 Å². The Morgan fingerprint density at radius 2 is 1.74 bits per heavy atom. The predicted octanol–water partition coefficient (Wildman–Crippen LogP) is 3.39. The van der Waals surface area contributed by atoms with E-state index in [0.717, 1.165) is 11.3 Å². The highest BCUT2D eigenvalue weighted by Gasteiger charge is 2.20. The van der Waals surface area contributed by atoms with Crippen LogP contribution in [0.2, 0.25) is 0 Å². The van der Waals surface area contributed by atoms with Crippen LogP contribution >= 0.6 is 11.3 Å². The Morgan fingerprint density at radius 3 is 2.32 bits per heavy atom. The monoisotopic (exact) mass is 451 g/mol. The molecule has 0 spiro atoms. The second kappa shape index (κ2) is 11.0. The van der Waals surface area contributed by atoms with Crippen LogP contribution in [-0.2, 0) is 4.74 Å². The van der Waals surface area contributed by atoms with Crippen molar-refractivity contribution in [2.75, 3.05) is 32.7 Å². The Bertz CT molecular complexity index is 905. The summed E-state index contributed by atoms with van der Waals surface area (Å²) >= 11 is 1.08. The van der Waals surface area contributed by atoms with Gasteiger partial charge in [-0.3, -0.25) is 15.0 Å². The predicted molar refractivity (Wildman–Crippen MR) is 119 cm³/mol. The number of carbonyl (C=O) groups is 2. The van der Waals surface area contributed by atoms with Gasteiger partial charge in [0.1, 0.15) is 12.4 Å². The Balaban J connectivity index is 2.00. The minimum atomic E-state index is -0.600. The number of benzene rings is 1. The summed E-state index contributed by atoms with van der Waals surface area (Å²) in [7, 11) is 2.85. The summed E-state index contributed by atoms with van der Waals surface area (Å²) in [5.74, 6) is -0.836. The molecule has 0 unspecified atom stereocenters. The lowest BCUT2D eigenvalue weighted by molar-refractivity contribution is 0.0411. The summed E-state index contributed by atoms with van der Waals surface area (Å²) in [5, 5.41) is 14.4. The number of hydrogen-bond acceptors (Lipinski definition) is 9. The normalized spacial score (nSPS) is 11.1. The number of esters is 1. The lowest BCUT2D eigenvalue weighted by Crippen LogP contribution is -2.39. The molecule has 2 N–H and O–H groups in total. The van der Waals surface area contributed by atoms with E-state index in [1.54, 1.807) is 0 Å². The highest BCUT2D eigenvalue weighted by atomic mass is 32.1. The fraction of sp³-hybridized carbons (Fsp3) is 0.476. The molecule has 1 amide bonds. The summed E-state index contributed by atoms with van der Waals surface area (Å²) in [6, 6.07) is 3.33. The summed E-state index contributed by atoms with van der Waals surface area (Å²) < 4.78 is 15.6. The fourth-order valence-electron chi connectivity index (χ4n) is 3.07. The number of nitrogens with one attached hydrogen (secondary N) is 1. The van der Waals surface area contributed by atoms with E-state index < -0.39 is 11.9 Å². The maximum atomic E-state index is 12.5. The molecule has 170 valence electrons. The van der Waals surface area contributed by atoms with E-state index in [-0.39, 0.29) is 28.7 Å². The zero-order chi connectivity index (χ0) is 23.1. The molecule has 0 saturated heterocycles. The molecule has 0 aliphatic heterocycles. The molecular weight excluding hydrogens is 422 g/mol. The smallest absolute Gasteiger partial charge is 0.357 e. The van der Waals surface area contributed by atoms with Crippen LogP contribution in [0.4, 0.5) is 5.13 Å². The molecule has 10 heteroatoms. The van der Waals surface area contributed by atoms with Crippen molar-refractivity contribution in [3.05, 3.63) is 28.8 Å². The van der Waals surface area contributed by atoms with Gasteiger partial charge in [-0.05, 0) is 27.7 Å².